The predicted molar refractivity (Wildman–Crippen MR) is 137 cm³/mol. The molecule has 0 amide bonds. The van der Waals surface area contributed by atoms with Crippen molar-refractivity contribution in [3.8, 4) is 5.75 Å². The van der Waals surface area contributed by atoms with Crippen LogP contribution in [0.2, 0.25) is 0 Å². The molecule has 2 aromatic carbocycles. The zero-order valence-electron chi connectivity index (χ0n) is 21.2. The van der Waals surface area contributed by atoms with E-state index < -0.39 is 17.4 Å². The Morgan fingerprint density at radius 3 is 2.17 bits per heavy atom. The van der Waals surface area contributed by atoms with E-state index in [2.05, 4.69) is 29.6 Å². The van der Waals surface area contributed by atoms with Crippen LogP contribution in [0.1, 0.15) is 44.7 Å². The molecule has 0 bridgehead atoms. The predicted octanol–water partition coefficient (Wildman–Crippen LogP) is 5.87. The molecule has 0 aromatic heterocycles. The van der Waals surface area contributed by atoms with Gasteiger partial charge in [0.2, 0.25) is 0 Å². The first-order valence-electron chi connectivity index (χ1n) is 11.8. The molecule has 6 heteroatoms. The zero-order chi connectivity index (χ0) is 25.4. The van der Waals surface area contributed by atoms with E-state index in [4.69, 9.17) is 14.2 Å². The van der Waals surface area contributed by atoms with Gasteiger partial charge < -0.3 is 19.5 Å². The van der Waals surface area contributed by atoms with E-state index in [0.717, 1.165) is 29.0 Å². The van der Waals surface area contributed by atoms with Crippen LogP contribution in [0.4, 0.5) is 5.69 Å². The second-order valence-corrected chi connectivity index (χ2v) is 9.08. The molecular formula is C29H35NO5. The number of methoxy groups -OCH3 is 3. The molecule has 0 saturated heterocycles. The second-order valence-electron chi connectivity index (χ2n) is 9.08. The molecule has 0 spiro atoms. The summed E-state index contributed by atoms with van der Waals surface area (Å²) in [6, 6.07) is 18.2. The average Bonchev–Trinajstić information content (AvgIpc) is 3.29. The van der Waals surface area contributed by atoms with E-state index >= 15 is 0 Å². The van der Waals surface area contributed by atoms with E-state index in [9.17, 15) is 9.59 Å². The largest absolute Gasteiger partial charge is 0.497 e. The Morgan fingerprint density at radius 2 is 1.63 bits per heavy atom. The van der Waals surface area contributed by atoms with Crippen molar-refractivity contribution in [3.63, 3.8) is 0 Å². The third kappa shape index (κ3) is 5.94. The maximum absolute atomic E-state index is 12.7. The van der Waals surface area contributed by atoms with Gasteiger partial charge >= 0.3 is 11.9 Å². The lowest BCUT2D eigenvalue weighted by Crippen LogP contribution is -2.39. The Kier molecular flexibility index (Phi) is 8.74. The van der Waals surface area contributed by atoms with Crippen molar-refractivity contribution in [1.29, 1.82) is 0 Å². The van der Waals surface area contributed by atoms with E-state index in [1.54, 1.807) is 7.11 Å². The van der Waals surface area contributed by atoms with E-state index in [1.807, 2.05) is 56.3 Å². The number of carbonyl (C=O) groups is 2. The fourth-order valence-corrected chi connectivity index (χ4v) is 4.77. The Hall–Kier alpha value is -3.54. The van der Waals surface area contributed by atoms with Crippen molar-refractivity contribution in [2.24, 2.45) is 11.3 Å². The number of esters is 2. The maximum atomic E-state index is 12.7. The average molecular weight is 478 g/mol. The second kappa shape index (κ2) is 11.7. The standard InChI is InChI=1S/C29H35NO5/c1-20(2)25-19-29(27(31)34-4,28(32)35-5)18-22(25)12-9-13-26(21-10-7-6-8-11-21)30-23-14-16-24(33-3)17-15-23/h6-12,14-17,22,26,30H,13,18-19H2,1-5H3/b12-9+/t22-,26-/m0/s1. The van der Waals surface area contributed by atoms with Gasteiger partial charge in [-0.3, -0.25) is 9.59 Å². The smallest absolute Gasteiger partial charge is 0.323 e. The highest BCUT2D eigenvalue weighted by molar-refractivity contribution is 6.01. The Bertz CT molecular complexity index is 1050. The van der Waals surface area contributed by atoms with Gasteiger partial charge in [0.25, 0.3) is 0 Å². The molecule has 186 valence electrons. The summed E-state index contributed by atoms with van der Waals surface area (Å²) in [6.45, 7) is 4.03. The van der Waals surface area contributed by atoms with Crippen LogP contribution < -0.4 is 10.1 Å². The highest BCUT2D eigenvalue weighted by Gasteiger charge is 2.55. The fraction of sp³-hybridized carbons (Fsp3) is 0.379. The minimum atomic E-state index is -1.30. The summed E-state index contributed by atoms with van der Waals surface area (Å²) in [7, 11) is 4.28. The van der Waals surface area contributed by atoms with Crippen molar-refractivity contribution in [2.75, 3.05) is 26.6 Å². The van der Waals surface area contributed by atoms with Gasteiger partial charge in [0.05, 0.1) is 27.4 Å². The molecule has 0 radical (unpaired) electrons. The van der Waals surface area contributed by atoms with Gasteiger partial charge in [-0.2, -0.15) is 0 Å². The van der Waals surface area contributed by atoms with Crippen LogP contribution in [0.5, 0.6) is 5.75 Å². The molecule has 3 rings (SSSR count). The summed E-state index contributed by atoms with van der Waals surface area (Å²) in [5.41, 5.74) is 3.04. The van der Waals surface area contributed by atoms with Gasteiger partial charge in [0.1, 0.15) is 5.75 Å². The summed E-state index contributed by atoms with van der Waals surface area (Å²) in [5.74, 6) is -0.317. The molecule has 2 atom stereocenters. The lowest BCUT2D eigenvalue weighted by atomic mass is 9.85. The van der Waals surface area contributed by atoms with Crippen molar-refractivity contribution in [3.05, 3.63) is 83.5 Å². The summed E-state index contributed by atoms with van der Waals surface area (Å²) >= 11 is 0. The highest BCUT2D eigenvalue weighted by atomic mass is 16.5. The first-order valence-corrected chi connectivity index (χ1v) is 11.8. The maximum Gasteiger partial charge on any atom is 0.323 e. The number of hydrogen-bond acceptors (Lipinski definition) is 6. The van der Waals surface area contributed by atoms with E-state index in [-0.39, 0.29) is 12.0 Å². The van der Waals surface area contributed by atoms with Crippen LogP contribution in [0, 0.1) is 11.3 Å². The van der Waals surface area contributed by atoms with Crippen LogP contribution >= 0.6 is 0 Å². The Balaban J connectivity index is 1.83. The minimum Gasteiger partial charge on any atom is -0.497 e. The third-order valence-electron chi connectivity index (χ3n) is 6.68. The van der Waals surface area contributed by atoms with Gasteiger partial charge in [0, 0.05) is 5.69 Å². The van der Waals surface area contributed by atoms with E-state index in [0.29, 0.717) is 12.8 Å². The van der Waals surface area contributed by atoms with Gasteiger partial charge in [-0.05, 0) is 68.9 Å². The first kappa shape index (κ1) is 26.1. The van der Waals surface area contributed by atoms with Crippen molar-refractivity contribution in [2.45, 2.75) is 39.2 Å². The number of allylic oxidation sites excluding steroid dienone is 3. The number of rotatable bonds is 9. The molecule has 2 aromatic rings. The first-order chi connectivity index (χ1) is 16.8. The number of hydrogen-bond donors (Lipinski definition) is 1. The Morgan fingerprint density at radius 1 is 1.00 bits per heavy atom. The van der Waals surface area contributed by atoms with E-state index in [1.165, 1.54) is 19.8 Å². The molecule has 0 heterocycles. The molecular weight excluding hydrogens is 442 g/mol. The lowest BCUT2D eigenvalue weighted by Gasteiger charge is -2.22. The molecule has 35 heavy (non-hydrogen) atoms. The van der Waals surface area contributed by atoms with Crippen LogP contribution in [0.3, 0.4) is 0 Å². The number of ether oxygens (including phenoxy) is 3. The molecule has 0 unspecified atom stereocenters. The number of nitrogens with one attached hydrogen (secondary N) is 1. The quantitative estimate of drug-likeness (QED) is 0.276. The lowest BCUT2D eigenvalue weighted by molar-refractivity contribution is -0.168. The van der Waals surface area contributed by atoms with Gasteiger partial charge in [0.15, 0.2) is 5.41 Å². The molecule has 1 aliphatic rings. The fourth-order valence-electron chi connectivity index (χ4n) is 4.77. The molecule has 6 nitrogen and oxygen atoms in total. The number of anilines is 1. The topological polar surface area (TPSA) is 73.9 Å². The monoisotopic (exact) mass is 477 g/mol. The van der Waals surface area contributed by atoms with Gasteiger partial charge in [-0.25, -0.2) is 0 Å². The zero-order valence-corrected chi connectivity index (χ0v) is 21.2. The molecule has 0 aliphatic heterocycles. The number of benzene rings is 2. The minimum absolute atomic E-state index is 0.0448. The molecule has 1 N–H and O–H groups in total. The van der Waals surface area contributed by atoms with Crippen molar-refractivity contribution in [1.82, 2.24) is 0 Å². The molecule has 1 saturated carbocycles. The van der Waals surface area contributed by atoms with Crippen molar-refractivity contribution >= 4 is 17.6 Å². The SMILES string of the molecule is COC(=O)C1(C(=O)OC)CC(=C(C)C)[C@@H](/C=C/C[C@H](Nc2ccc(OC)cc2)c2ccccc2)C1. The van der Waals surface area contributed by atoms with Gasteiger partial charge in [-0.15, -0.1) is 0 Å². The van der Waals surface area contributed by atoms with Crippen LogP contribution in [-0.4, -0.2) is 33.3 Å². The third-order valence-corrected chi connectivity index (χ3v) is 6.68. The molecule has 1 aliphatic carbocycles. The summed E-state index contributed by atoms with van der Waals surface area (Å²) in [4.78, 5) is 25.4. The van der Waals surface area contributed by atoms with Crippen LogP contribution in [0.25, 0.3) is 0 Å². The Labute approximate surface area is 208 Å². The van der Waals surface area contributed by atoms with Crippen molar-refractivity contribution < 1.29 is 23.8 Å². The molecule has 1 fully saturated rings. The summed E-state index contributed by atoms with van der Waals surface area (Å²) in [6.07, 6.45) is 5.63. The van der Waals surface area contributed by atoms with Gasteiger partial charge in [-0.1, -0.05) is 53.6 Å². The normalized spacial score (nSPS) is 17.6. The summed E-state index contributed by atoms with van der Waals surface area (Å²) < 4.78 is 15.3. The van der Waals surface area contributed by atoms with Crippen LogP contribution in [0.15, 0.2) is 77.9 Å². The highest BCUT2D eigenvalue weighted by Crippen LogP contribution is 2.49. The van der Waals surface area contributed by atoms with Crippen LogP contribution in [-0.2, 0) is 19.1 Å². The summed E-state index contributed by atoms with van der Waals surface area (Å²) in [5, 5.41) is 3.61. The number of carbonyl (C=O) groups excluding carboxylic acids is 2.